The lowest BCUT2D eigenvalue weighted by molar-refractivity contribution is -0.288. The van der Waals surface area contributed by atoms with Gasteiger partial charge in [-0.25, -0.2) is 9.59 Å². The minimum Gasteiger partial charge on any atom is -0.463 e. The Morgan fingerprint density at radius 2 is 1.26 bits per heavy atom. The third-order valence-corrected chi connectivity index (χ3v) is 5.51. The molecular formula is C27H28O11. The van der Waals surface area contributed by atoms with E-state index in [2.05, 4.69) is 0 Å². The van der Waals surface area contributed by atoms with Crippen LogP contribution in [0.4, 0.5) is 0 Å². The van der Waals surface area contributed by atoms with Gasteiger partial charge in [0.25, 0.3) is 0 Å². The van der Waals surface area contributed by atoms with Gasteiger partial charge in [0.2, 0.25) is 0 Å². The van der Waals surface area contributed by atoms with Crippen LogP contribution in [0.25, 0.3) is 0 Å². The zero-order valence-electron chi connectivity index (χ0n) is 20.8. The summed E-state index contributed by atoms with van der Waals surface area (Å²) in [6, 6.07) is 15.7. The Bertz CT molecular complexity index is 1130. The van der Waals surface area contributed by atoms with Crippen molar-refractivity contribution in [2.24, 2.45) is 0 Å². The van der Waals surface area contributed by atoms with Crippen molar-refractivity contribution in [2.75, 3.05) is 6.61 Å². The number of ether oxygens (including phenoxy) is 5. The van der Waals surface area contributed by atoms with Gasteiger partial charge in [-0.05, 0) is 31.2 Å². The van der Waals surface area contributed by atoms with E-state index in [0.29, 0.717) is 0 Å². The number of aliphatic hydroxyl groups is 1. The fourth-order valence-electron chi connectivity index (χ4n) is 3.68. The summed E-state index contributed by atoms with van der Waals surface area (Å²) in [4.78, 5) is 60.9. The number of ketones is 1. The summed E-state index contributed by atoms with van der Waals surface area (Å²) in [7, 11) is 0. The number of aliphatic hydroxyl groups excluding tert-OH is 1. The van der Waals surface area contributed by atoms with Crippen LogP contribution in [-0.2, 0) is 38.1 Å². The molecule has 1 aliphatic rings. The second-order valence-electron chi connectivity index (χ2n) is 8.50. The highest BCUT2D eigenvalue weighted by Gasteiger charge is 2.52. The molecule has 202 valence electrons. The first-order valence-electron chi connectivity index (χ1n) is 11.8. The van der Waals surface area contributed by atoms with Crippen LogP contribution in [0.2, 0.25) is 0 Å². The predicted octanol–water partition coefficient (Wildman–Crippen LogP) is 2.00. The van der Waals surface area contributed by atoms with Crippen molar-refractivity contribution >= 4 is 29.7 Å². The lowest BCUT2D eigenvalue weighted by Crippen LogP contribution is -2.62. The fourth-order valence-corrected chi connectivity index (χ4v) is 3.68. The monoisotopic (exact) mass is 528 g/mol. The fraction of sp³-hybridized carbons (Fsp3) is 0.370. The molecule has 38 heavy (non-hydrogen) atoms. The normalized spacial score (nSPS) is 22.6. The Labute approximate surface area is 218 Å². The number of rotatable bonds is 10. The van der Waals surface area contributed by atoms with Gasteiger partial charge >= 0.3 is 23.9 Å². The highest BCUT2D eigenvalue weighted by atomic mass is 16.7. The topological polar surface area (TPSA) is 152 Å². The van der Waals surface area contributed by atoms with Crippen molar-refractivity contribution in [1.82, 2.24) is 0 Å². The molecule has 1 saturated heterocycles. The Morgan fingerprint density at radius 3 is 1.76 bits per heavy atom. The van der Waals surface area contributed by atoms with Crippen molar-refractivity contribution in [3.05, 3.63) is 71.8 Å². The highest BCUT2D eigenvalue weighted by Crippen LogP contribution is 2.29. The summed E-state index contributed by atoms with van der Waals surface area (Å²) < 4.78 is 27.1. The number of Topliss-reactive ketones (excluding diaryl/α,β-unsaturated/α-hetero) is 1. The molecule has 0 unspecified atom stereocenters. The molecular weight excluding hydrogens is 500 g/mol. The third-order valence-electron chi connectivity index (χ3n) is 5.51. The molecule has 1 N–H and O–H groups in total. The molecule has 5 atom stereocenters. The number of hydrogen-bond acceptors (Lipinski definition) is 11. The zero-order valence-corrected chi connectivity index (χ0v) is 20.8. The predicted molar refractivity (Wildman–Crippen MR) is 129 cm³/mol. The van der Waals surface area contributed by atoms with Crippen LogP contribution in [0.3, 0.4) is 0 Å². The van der Waals surface area contributed by atoms with Gasteiger partial charge in [0.1, 0.15) is 18.5 Å². The van der Waals surface area contributed by atoms with Crippen molar-refractivity contribution in [1.29, 1.82) is 0 Å². The van der Waals surface area contributed by atoms with Gasteiger partial charge in [-0.1, -0.05) is 36.4 Å². The molecule has 0 bridgehead atoms. The van der Waals surface area contributed by atoms with Crippen molar-refractivity contribution in [2.45, 2.75) is 57.4 Å². The van der Waals surface area contributed by atoms with Gasteiger partial charge in [0, 0.05) is 13.3 Å². The zero-order chi connectivity index (χ0) is 27.7. The number of esters is 4. The van der Waals surface area contributed by atoms with Crippen LogP contribution >= 0.6 is 0 Å². The summed E-state index contributed by atoms with van der Waals surface area (Å²) in [5.41, 5.74) is 0.300. The van der Waals surface area contributed by atoms with E-state index in [1.54, 1.807) is 36.4 Å². The molecule has 0 saturated carbocycles. The molecule has 1 heterocycles. The average Bonchev–Trinajstić information content (AvgIpc) is 2.90. The van der Waals surface area contributed by atoms with Crippen LogP contribution in [0, 0.1) is 0 Å². The standard InChI is InChI=1S/C27H28O11/c1-16(28)13-14-21(30)34-15-20-22(35-17(2)29)23(37-25(31)18-9-5-3-6-10-18)24(27(33)36-20)38-26(32)19-11-7-4-8-12-19/h3-12,20,22-24,27,33H,13-15H2,1-2H3/t20-,22-,23+,24-,27-/m1/s1. The molecule has 0 radical (unpaired) electrons. The number of carbonyl (C=O) groups excluding carboxylic acids is 5. The van der Waals surface area contributed by atoms with Gasteiger partial charge in [-0.2, -0.15) is 0 Å². The van der Waals surface area contributed by atoms with Crippen molar-refractivity contribution in [3.63, 3.8) is 0 Å². The maximum absolute atomic E-state index is 12.9. The lowest BCUT2D eigenvalue weighted by Gasteiger charge is -2.42. The smallest absolute Gasteiger partial charge is 0.338 e. The molecule has 1 aliphatic heterocycles. The van der Waals surface area contributed by atoms with E-state index >= 15 is 0 Å². The van der Waals surface area contributed by atoms with Crippen LogP contribution in [0.5, 0.6) is 0 Å². The summed E-state index contributed by atoms with van der Waals surface area (Å²) in [5.74, 6) is -3.43. The lowest BCUT2D eigenvalue weighted by atomic mass is 9.98. The second-order valence-corrected chi connectivity index (χ2v) is 8.50. The second kappa shape index (κ2) is 13.5. The minimum absolute atomic E-state index is 0.0326. The summed E-state index contributed by atoms with van der Waals surface area (Å²) >= 11 is 0. The maximum atomic E-state index is 12.9. The van der Waals surface area contributed by atoms with Gasteiger partial charge < -0.3 is 33.6 Å². The molecule has 0 aromatic heterocycles. The Balaban J connectivity index is 1.88. The molecule has 2 aromatic carbocycles. The van der Waals surface area contributed by atoms with Crippen molar-refractivity contribution < 1.29 is 52.8 Å². The van der Waals surface area contributed by atoms with Gasteiger partial charge in [-0.3, -0.25) is 9.59 Å². The van der Waals surface area contributed by atoms with E-state index < -0.39 is 61.2 Å². The quantitative estimate of drug-likeness (QED) is 0.356. The highest BCUT2D eigenvalue weighted by molar-refractivity contribution is 5.90. The molecule has 2 aromatic rings. The van der Waals surface area contributed by atoms with Gasteiger partial charge in [0.15, 0.2) is 24.6 Å². The summed E-state index contributed by atoms with van der Waals surface area (Å²) in [5, 5.41) is 10.8. The third kappa shape index (κ3) is 7.95. The van der Waals surface area contributed by atoms with Gasteiger partial charge in [-0.15, -0.1) is 0 Å². The number of carbonyl (C=O) groups is 5. The van der Waals surface area contributed by atoms with E-state index in [4.69, 9.17) is 23.7 Å². The van der Waals surface area contributed by atoms with Crippen LogP contribution in [-0.4, -0.2) is 72.1 Å². The molecule has 0 aliphatic carbocycles. The summed E-state index contributed by atoms with van der Waals surface area (Å²) in [6.07, 6.45) is -7.94. The van der Waals surface area contributed by atoms with E-state index in [1.807, 2.05) is 0 Å². The first-order chi connectivity index (χ1) is 18.2. The van der Waals surface area contributed by atoms with E-state index in [0.717, 1.165) is 6.92 Å². The van der Waals surface area contributed by atoms with Crippen LogP contribution in [0.1, 0.15) is 47.4 Å². The number of hydrogen-bond donors (Lipinski definition) is 1. The minimum atomic E-state index is -1.84. The van der Waals surface area contributed by atoms with Gasteiger partial charge in [0.05, 0.1) is 17.5 Å². The van der Waals surface area contributed by atoms with Crippen molar-refractivity contribution in [3.8, 4) is 0 Å². The largest absolute Gasteiger partial charge is 0.463 e. The van der Waals surface area contributed by atoms with E-state index in [1.165, 1.54) is 31.2 Å². The van der Waals surface area contributed by atoms with E-state index in [-0.39, 0.29) is 29.8 Å². The van der Waals surface area contributed by atoms with E-state index in [9.17, 15) is 29.1 Å². The van der Waals surface area contributed by atoms with Crippen LogP contribution in [0.15, 0.2) is 60.7 Å². The van der Waals surface area contributed by atoms with Crippen LogP contribution < -0.4 is 0 Å². The Morgan fingerprint density at radius 1 is 0.737 bits per heavy atom. The molecule has 11 heteroatoms. The molecule has 11 nitrogen and oxygen atoms in total. The average molecular weight is 529 g/mol. The first kappa shape index (κ1) is 28.5. The Kier molecular flexibility index (Phi) is 10.1. The molecule has 3 rings (SSSR count). The SMILES string of the molecule is CC(=O)CCC(=O)OC[C@H]1O[C@@H](O)[C@H](OC(=O)c2ccccc2)[C@@H](OC(=O)c2ccccc2)[C@@H]1OC(C)=O. The number of benzene rings is 2. The first-order valence-corrected chi connectivity index (χ1v) is 11.8. The molecule has 1 fully saturated rings. The maximum Gasteiger partial charge on any atom is 0.338 e. The summed E-state index contributed by atoms with van der Waals surface area (Å²) in [6.45, 7) is 1.92. The Hall–Kier alpha value is -4.09. The molecule has 0 amide bonds. The molecule has 0 spiro atoms.